The monoisotopic (exact) mass is 701 g/mol. The SMILES string of the molecule is CC[C@]12CCCN3CCc4c(n(c5ccccc45)[C@@](O)(C(=O)OC)C1)[C@@H]32.Nc1ncnc2c1ncn2[C@@H]1O[C@H](COP(=O)(O)O)[C@@H](O)[C@H]1O. The van der Waals surface area contributed by atoms with Crippen molar-refractivity contribution in [2.24, 2.45) is 5.41 Å². The fraction of sp³-hybridized carbons (Fsp3) is 0.548. The van der Waals surface area contributed by atoms with Gasteiger partial charge in [-0.2, -0.15) is 0 Å². The van der Waals surface area contributed by atoms with Crippen molar-refractivity contribution >= 4 is 41.7 Å². The van der Waals surface area contributed by atoms with Crippen LogP contribution in [0.25, 0.3) is 22.1 Å². The second-order valence-corrected chi connectivity index (χ2v) is 14.4. The van der Waals surface area contributed by atoms with E-state index < -0.39 is 50.7 Å². The molecule has 49 heavy (non-hydrogen) atoms. The van der Waals surface area contributed by atoms with Gasteiger partial charge in [0, 0.05) is 24.0 Å². The number of nitrogens with two attached hydrogens (primary N) is 1. The number of phosphoric ester groups is 1. The van der Waals surface area contributed by atoms with Crippen LogP contribution in [0.5, 0.6) is 0 Å². The number of fused-ring (bicyclic) bond motifs is 4. The minimum atomic E-state index is -4.72. The van der Waals surface area contributed by atoms with E-state index in [1.54, 1.807) is 0 Å². The number of nitrogen functional groups attached to an aromatic ring is 1. The van der Waals surface area contributed by atoms with Crippen molar-refractivity contribution in [3.05, 3.63) is 48.2 Å². The average Bonchev–Trinajstić information content (AvgIpc) is 3.76. The molecule has 3 aromatic heterocycles. The van der Waals surface area contributed by atoms with E-state index in [0.29, 0.717) is 11.9 Å². The number of benzene rings is 1. The molecule has 7 atom stereocenters. The van der Waals surface area contributed by atoms with Crippen LogP contribution in [-0.2, 0) is 35.5 Å². The van der Waals surface area contributed by atoms with Crippen LogP contribution in [-0.4, -0.2) is 105 Å². The van der Waals surface area contributed by atoms with Gasteiger partial charge in [-0.3, -0.25) is 14.0 Å². The molecule has 4 aromatic rings. The molecule has 17 nitrogen and oxygen atoms in total. The van der Waals surface area contributed by atoms with Crippen molar-refractivity contribution in [2.75, 3.05) is 32.5 Å². The Morgan fingerprint density at radius 3 is 2.67 bits per heavy atom. The van der Waals surface area contributed by atoms with Gasteiger partial charge in [-0.15, -0.1) is 0 Å². The summed E-state index contributed by atoms with van der Waals surface area (Å²) in [6.45, 7) is 3.77. The zero-order valence-corrected chi connectivity index (χ0v) is 27.9. The zero-order valence-electron chi connectivity index (χ0n) is 27.0. The van der Waals surface area contributed by atoms with E-state index in [-0.39, 0.29) is 22.9 Å². The Kier molecular flexibility index (Phi) is 8.57. The molecule has 18 heteroatoms. The highest BCUT2D eigenvalue weighted by Crippen LogP contribution is 2.60. The van der Waals surface area contributed by atoms with Gasteiger partial charge >= 0.3 is 13.8 Å². The first-order chi connectivity index (χ1) is 23.3. The van der Waals surface area contributed by atoms with Gasteiger partial charge in [0.25, 0.3) is 0 Å². The van der Waals surface area contributed by atoms with Crippen molar-refractivity contribution in [1.82, 2.24) is 29.0 Å². The van der Waals surface area contributed by atoms with Crippen LogP contribution in [0.3, 0.4) is 0 Å². The highest BCUT2D eigenvalue weighted by atomic mass is 31.2. The molecule has 2 fully saturated rings. The van der Waals surface area contributed by atoms with Gasteiger partial charge in [0.05, 0.1) is 31.6 Å². The average molecular weight is 702 g/mol. The number of nitrogens with zero attached hydrogens (tertiary/aromatic N) is 6. The summed E-state index contributed by atoms with van der Waals surface area (Å²) in [7, 11) is -3.35. The number of aliphatic hydroxyl groups is 3. The molecule has 0 radical (unpaired) electrons. The smallest absolute Gasteiger partial charge is 0.465 e. The number of rotatable bonds is 6. The third kappa shape index (κ3) is 5.44. The Balaban J connectivity index is 0.000000156. The number of carbonyl (C=O) groups excluding carboxylic acids is 1. The summed E-state index contributed by atoms with van der Waals surface area (Å²) in [6.07, 6.45) is 2.03. The van der Waals surface area contributed by atoms with Crippen molar-refractivity contribution in [2.45, 2.75) is 75.3 Å². The number of hydrogen-bond acceptors (Lipinski definition) is 13. The molecular formula is C31H40N7O10P. The van der Waals surface area contributed by atoms with Crippen LogP contribution in [0.4, 0.5) is 5.82 Å². The minimum Gasteiger partial charge on any atom is -0.465 e. The summed E-state index contributed by atoms with van der Waals surface area (Å²) >= 11 is 0. The largest absolute Gasteiger partial charge is 0.469 e. The lowest BCUT2D eigenvalue weighted by Gasteiger charge is -2.57. The third-order valence-corrected chi connectivity index (χ3v) is 11.1. The van der Waals surface area contributed by atoms with E-state index in [0.717, 1.165) is 50.0 Å². The zero-order chi connectivity index (χ0) is 34.9. The predicted octanol–water partition coefficient (Wildman–Crippen LogP) is 1.09. The normalized spacial score (nSPS) is 31.0. The fourth-order valence-electron chi connectivity index (χ4n) is 8.42. The van der Waals surface area contributed by atoms with Gasteiger partial charge < -0.3 is 44.9 Å². The molecule has 7 N–H and O–H groups in total. The molecule has 8 rings (SSSR count). The van der Waals surface area contributed by atoms with Crippen molar-refractivity contribution < 1.29 is 48.5 Å². The van der Waals surface area contributed by atoms with Gasteiger partial charge in [0.1, 0.15) is 30.2 Å². The first-order valence-electron chi connectivity index (χ1n) is 16.2. The molecule has 2 saturated heterocycles. The second kappa shape index (κ2) is 12.4. The Bertz CT molecular complexity index is 1950. The standard InChI is InChI=1S/C21H26N2O3.C10H14N5O7P/c1-3-20-10-6-11-22-12-9-15-14-7-4-5-8-16(14)23(17(15)18(20)22)21(25,13-20)19(24)26-2;11-8-5-9(13-2-12-8)15(3-14-5)10-7(17)6(16)4(22-10)1-21-23(18,19)20/h4-5,7-8,18,25H,3,6,9-13H2,1-2H3;2-4,6-7,10,16-17H,1H2,(H2,11,12,13)(H2,18,19,20)/t18-,20+,21+;4-,6-,7-,10-/m11/s1. The molecule has 0 spiro atoms. The second-order valence-electron chi connectivity index (χ2n) is 13.1. The highest BCUT2D eigenvalue weighted by molar-refractivity contribution is 7.46. The Morgan fingerprint density at radius 2 is 1.94 bits per heavy atom. The van der Waals surface area contributed by atoms with Crippen molar-refractivity contribution in [3.8, 4) is 0 Å². The number of ether oxygens (including phenoxy) is 2. The molecule has 4 aliphatic heterocycles. The molecule has 0 amide bonds. The maximum absolute atomic E-state index is 12.8. The first-order valence-corrected chi connectivity index (χ1v) is 17.7. The van der Waals surface area contributed by atoms with Gasteiger partial charge in [-0.25, -0.2) is 24.3 Å². The highest BCUT2D eigenvalue weighted by Gasteiger charge is 2.60. The molecular weight excluding hydrogens is 661 g/mol. The summed E-state index contributed by atoms with van der Waals surface area (Å²) in [5, 5.41) is 32.9. The molecule has 4 aliphatic rings. The van der Waals surface area contributed by atoms with E-state index in [1.807, 2.05) is 22.8 Å². The number of methoxy groups -OCH3 is 1. The molecule has 0 aliphatic carbocycles. The lowest BCUT2D eigenvalue weighted by molar-refractivity contribution is -0.194. The number of para-hydroxylation sites is 1. The summed E-state index contributed by atoms with van der Waals surface area (Å²) in [5.41, 5.74) is 7.94. The number of imidazole rings is 1. The number of esters is 1. The summed E-state index contributed by atoms with van der Waals surface area (Å²) in [6, 6.07) is 8.45. The topological polar surface area (TPSA) is 241 Å². The number of piperidine rings is 1. The Hall–Kier alpha value is -3.51. The first kappa shape index (κ1) is 34.0. The van der Waals surface area contributed by atoms with Crippen LogP contribution in [0, 0.1) is 5.41 Å². The summed E-state index contributed by atoms with van der Waals surface area (Å²) in [5.74, 6) is -0.404. The molecule has 0 saturated carbocycles. The quantitative estimate of drug-likeness (QED) is 0.122. The van der Waals surface area contributed by atoms with Gasteiger partial charge in [0.2, 0.25) is 5.72 Å². The van der Waals surface area contributed by atoms with Gasteiger partial charge in [0.15, 0.2) is 17.7 Å². The number of aromatic nitrogens is 5. The molecule has 0 unspecified atom stereocenters. The van der Waals surface area contributed by atoms with Crippen LogP contribution in [0.15, 0.2) is 36.9 Å². The Morgan fingerprint density at radius 1 is 1.16 bits per heavy atom. The van der Waals surface area contributed by atoms with Crippen LogP contribution in [0.2, 0.25) is 0 Å². The van der Waals surface area contributed by atoms with E-state index >= 15 is 0 Å². The molecule has 264 valence electrons. The predicted molar refractivity (Wildman–Crippen MR) is 172 cm³/mol. The molecule has 0 bridgehead atoms. The number of aliphatic hydroxyl groups excluding tert-OH is 2. The van der Waals surface area contributed by atoms with E-state index in [4.69, 9.17) is 25.0 Å². The molecule has 1 aromatic carbocycles. The minimum absolute atomic E-state index is 0.0826. The lowest BCUT2D eigenvalue weighted by atomic mass is 9.62. The van der Waals surface area contributed by atoms with E-state index in [1.165, 1.54) is 35.3 Å². The van der Waals surface area contributed by atoms with Crippen LogP contribution < -0.4 is 5.73 Å². The maximum atomic E-state index is 12.8. The number of carbonyl (C=O) groups is 1. The van der Waals surface area contributed by atoms with Crippen molar-refractivity contribution in [3.63, 3.8) is 0 Å². The molecule has 7 heterocycles. The van der Waals surface area contributed by atoms with Gasteiger partial charge in [-0.05, 0) is 49.3 Å². The van der Waals surface area contributed by atoms with Crippen LogP contribution >= 0.6 is 7.82 Å². The van der Waals surface area contributed by atoms with Crippen molar-refractivity contribution in [1.29, 1.82) is 0 Å². The third-order valence-electron chi connectivity index (χ3n) is 10.6. The van der Waals surface area contributed by atoms with Gasteiger partial charge in [-0.1, -0.05) is 25.1 Å². The van der Waals surface area contributed by atoms with E-state index in [9.17, 15) is 24.7 Å². The number of hydrogen-bond donors (Lipinski definition) is 6. The summed E-state index contributed by atoms with van der Waals surface area (Å²) < 4.78 is 28.8. The summed E-state index contributed by atoms with van der Waals surface area (Å²) in [4.78, 5) is 44.6. The van der Waals surface area contributed by atoms with E-state index in [2.05, 4.69) is 37.4 Å². The van der Waals surface area contributed by atoms with Crippen LogP contribution in [0.1, 0.15) is 56.1 Å². The lowest BCUT2D eigenvalue weighted by Crippen LogP contribution is -2.60. The fourth-order valence-corrected chi connectivity index (χ4v) is 8.76. The maximum Gasteiger partial charge on any atom is 0.469 e. The number of phosphoric acid groups is 1. The Labute approximate surface area is 280 Å². The number of anilines is 1.